The molecule has 2 aromatic rings. The van der Waals surface area contributed by atoms with E-state index in [1.54, 1.807) is 7.11 Å². The molecule has 3 nitrogen and oxygen atoms in total. The maximum absolute atomic E-state index is 5.33. The van der Waals surface area contributed by atoms with Crippen molar-refractivity contribution in [3.05, 3.63) is 42.6 Å². The average Bonchev–Trinajstić information content (AvgIpc) is 2.84. The Bertz CT molecular complexity index is 607. The summed E-state index contributed by atoms with van der Waals surface area (Å²) < 4.78 is 5.33. The molecule has 0 spiro atoms. The third-order valence-corrected chi connectivity index (χ3v) is 3.92. The topological polar surface area (TPSA) is 28.3 Å². The zero-order chi connectivity index (χ0) is 15.5. The van der Waals surface area contributed by atoms with Crippen LogP contribution < -0.4 is 4.74 Å². The molecule has 3 heteroatoms. The van der Waals surface area contributed by atoms with Crippen LogP contribution in [0.2, 0.25) is 0 Å². The van der Waals surface area contributed by atoms with Crippen molar-refractivity contribution in [1.82, 2.24) is 9.88 Å². The largest absolute Gasteiger partial charge is 0.497 e. The summed E-state index contributed by atoms with van der Waals surface area (Å²) in [5, 5.41) is 1.25. The van der Waals surface area contributed by atoms with E-state index in [0.29, 0.717) is 0 Å². The number of aromatic nitrogens is 1. The van der Waals surface area contributed by atoms with Crippen LogP contribution in [0.5, 0.6) is 5.75 Å². The molecule has 0 aliphatic carbocycles. The number of benzene rings is 1. The second kappa shape index (κ2) is 6.35. The first-order valence-corrected chi connectivity index (χ1v) is 7.45. The first-order valence-electron chi connectivity index (χ1n) is 7.45. The molecule has 1 aromatic heterocycles. The zero-order valence-electron chi connectivity index (χ0n) is 13.6. The molecule has 1 heterocycles. The summed E-state index contributed by atoms with van der Waals surface area (Å²) in [6.07, 6.45) is 5.10. The summed E-state index contributed by atoms with van der Waals surface area (Å²) >= 11 is 0. The van der Waals surface area contributed by atoms with Gasteiger partial charge < -0.3 is 9.72 Å². The van der Waals surface area contributed by atoms with E-state index in [9.17, 15) is 0 Å². The highest BCUT2D eigenvalue weighted by atomic mass is 16.5. The van der Waals surface area contributed by atoms with Gasteiger partial charge in [0.15, 0.2) is 0 Å². The lowest BCUT2D eigenvalue weighted by atomic mass is 10.0. The van der Waals surface area contributed by atoms with E-state index in [-0.39, 0.29) is 5.54 Å². The van der Waals surface area contributed by atoms with E-state index in [1.165, 1.54) is 10.9 Å². The number of hydrogen-bond donors (Lipinski definition) is 1. The van der Waals surface area contributed by atoms with E-state index >= 15 is 0 Å². The number of methoxy groups -OCH3 is 1. The van der Waals surface area contributed by atoms with Gasteiger partial charge in [0.05, 0.1) is 7.11 Å². The highest BCUT2D eigenvalue weighted by Gasteiger charge is 2.20. The lowest BCUT2D eigenvalue weighted by Gasteiger charge is -2.34. The van der Waals surface area contributed by atoms with Gasteiger partial charge in [0.25, 0.3) is 0 Å². The van der Waals surface area contributed by atoms with Gasteiger partial charge in [-0.1, -0.05) is 6.08 Å². The first kappa shape index (κ1) is 15.6. The van der Waals surface area contributed by atoms with E-state index in [2.05, 4.69) is 55.6 Å². The lowest BCUT2D eigenvalue weighted by molar-refractivity contribution is 0.156. The van der Waals surface area contributed by atoms with E-state index in [1.807, 2.05) is 12.1 Å². The molecule has 0 atom stereocenters. The minimum atomic E-state index is 0.151. The normalized spacial score (nSPS) is 12.0. The fourth-order valence-electron chi connectivity index (χ4n) is 2.60. The Balaban J connectivity index is 2.17. The van der Waals surface area contributed by atoms with E-state index in [0.717, 1.165) is 30.8 Å². The van der Waals surface area contributed by atoms with Crippen LogP contribution in [0.3, 0.4) is 0 Å². The minimum absolute atomic E-state index is 0.151. The number of hydrogen-bond acceptors (Lipinski definition) is 2. The molecule has 0 amide bonds. The molecule has 0 fully saturated rings. The van der Waals surface area contributed by atoms with Crippen molar-refractivity contribution in [1.29, 1.82) is 0 Å². The summed E-state index contributed by atoms with van der Waals surface area (Å²) in [6, 6.07) is 6.17. The van der Waals surface area contributed by atoms with Crippen molar-refractivity contribution in [3.63, 3.8) is 0 Å². The monoisotopic (exact) mass is 286 g/mol. The maximum atomic E-state index is 5.33. The summed E-state index contributed by atoms with van der Waals surface area (Å²) in [7, 11) is 1.71. The van der Waals surface area contributed by atoms with Gasteiger partial charge >= 0.3 is 0 Å². The Hall–Kier alpha value is -1.74. The SMILES string of the molecule is C=CCN(CCc1c[nH]c2ccc(OC)cc12)C(C)(C)C. The summed E-state index contributed by atoms with van der Waals surface area (Å²) in [5.74, 6) is 0.905. The highest BCUT2D eigenvalue weighted by molar-refractivity contribution is 5.84. The molecule has 0 saturated heterocycles. The van der Waals surface area contributed by atoms with Crippen LogP contribution in [0.1, 0.15) is 26.3 Å². The van der Waals surface area contributed by atoms with Crippen molar-refractivity contribution in [2.45, 2.75) is 32.7 Å². The van der Waals surface area contributed by atoms with Gasteiger partial charge in [0.1, 0.15) is 5.75 Å². The van der Waals surface area contributed by atoms with E-state index in [4.69, 9.17) is 4.74 Å². The zero-order valence-corrected chi connectivity index (χ0v) is 13.6. The smallest absolute Gasteiger partial charge is 0.119 e. The molecule has 1 aromatic carbocycles. The van der Waals surface area contributed by atoms with E-state index < -0.39 is 0 Å². The highest BCUT2D eigenvalue weighted by Crippen LogP contribution is 2.24. The van der Waals surface area contributed by atoms with Crippen LogP contribution >= 0.6 is 0 Å². The lowest BCUT2D eigenvalue weighted by Crippen LogP contribution is -2.42. The molecule has 2 rings (SSSR count). The third kappa shape index (κ3) is 3.67. The van der Waals surface area contributed by atoms with Gasteiger partial charge in [-0.05, 0) is 51.0 Å². The molecular weight excluding hydrogens is 260 g/mol. The number of ether oxygens (including phenoxy) is 1. The van der Waals surface area contributed by atoms with Crippen molar-refractivity contribution in [2.75, 3.05) is 20.2 Å². The summed E-state index contributed by atoms with van der Waals surface area (Å²) in [5.41, 5.74) is 2.65. The molecule has 21 heavy (non-hydrogen) atoms. The summed E-state index contributed by atoms with van der Waals surface area (Å²) in [4.78, 5) is 5.78. The maximum Gasteiger partial charge on any atom is 0.119 e. The molecule has 0 unspecified atom stereocenters. The van der Waals surface area contributed by atoms with Gasteiger partial charge in [-0.25, -0.2) is 0 Å². The molecule has 0 saturated carbocycles. The van der Waals surface area contributed by atoms with Crippen molar-refractivity contribution < 1.29 is 4.74 Å². The number of aromatic amines is 1. The molecule has 114 valence electrons. The first-order chi connectivity index (χ1) is 9.95. The van der Waals surface area contributed by atoms with Gasteiger partial charge in [-0.15, -0.1) is 6.58 Å². The van der Waals surface area contributed by atoms with Crippen LogP contribution in [0.4, 0.5) is 0 Å². The summed E-state index contributed by atoms with van der Waals surface area (Å²) in [6.45, 7) is 12.5. The molecule has 1 N–H and O–H groups in total. The average molecular weight is 286 g/mol. The Morgan fingerprint density at radius 2 is 2.10 bits per heavy atom. The van der Waals surface area contributed by atoms with Gasteiger partial charge in [0.2, 0.25) is 0 Å². The predicted octanol–water partition coefficient (Wildman–Crippen LogP) is 4.01. The van der Waals surface area contributed by atoms with Crippen LogP contribution in [-0.4, -0.2) is 35.6 Å². The number of H-pyrrole nitrogens is 1. The van der Waals surface area contributed by atoms with Crippen LogP contribution in [0.15, 0.2) is 37.1 Å². The Kier molecular flexibility index (Phi) is 4.73. The number of fused-ring (bicyclic) bond motifs is 1. The molecular formula is C18H26N2O. The quantitative estimate of drug-likeness (QED) is 0.813. The van der Waals surface area contributed by atoms with Crippen LogP contribution in [-0.2, 0) is 6.42 Å². The van der Waals surface area contributed by atoms with Crippen molar-refractivity contribution in [2.24, 2.45) is 0 Å². The van der Waals surface area contributed by atoms with Gasteiger partial charge in [-0.3, -0.25) is 4.90 Å². The fraction of sp³-hybridized carbons (Fsp3) is 0.444. The van der Waals surface area contributed by atoms with Crippen molar-refractivity contribution >= 4 is 10.9 Å². The number of nitrogens with zero attached hydrogens (tertiary/aromatic N) is 1. The molecule has 0 bridgehead atoms. The van der Waals surface area contributed by atoms with Gasteiger partial charge in [0, 0.05) is 35.7 Å². The van der Waals surface area contributed by atoms with Gasteiger partial charge in [-0.2, -0.15) is 0 Å². The fourth-order valence-corrected chi connectivity index (χ4v) is 2.60. The van der Waals surface area contributed by atoms with Crippen LogP contribution in [0.25, 0.3) is 10.9 Å². The Morgan fingerprint density at radius 3 is 2.71 bits per heavy atom. The number of nitrogens with one attached hydrogen (secondary N) is 1. The molecule has 0 aliphatic heterocycles. The third-order valence-electron chi connectivity index (χ3n) is 3.92. The van der Waals surface area contributed by atoms with Crippen molar-refractivity contribution in [3.8, 4) is 5.75 Å². The Labute approximate surface area is 127 Å². The predicted molar refractivity (Wildman–Crippen MR) is 90.1 cm³/mol. The number of rotatable bonds is 6. The molecule has 0 aliphatic rings. The molecule has 0 radical (unpaired) electrons. The standard InChI is InChI=1S/C18H26N2O/c1-6-10-20(18(2,3)4)11-9-14-13-19-17-8-7-15(21-5)12-16(14)17/h6-8,12-13,19H,1,9-11H2,2-5H3. The Morgan fingerprint density at radius 1 is 1.33 bits per heavy atom. The minimum Gasteiger partial charge on any atom is -0.497 e. The second-order valence-electron chi connectivity index (χ2n) is 6.38. The second-order valence-corrected chi connectivity index (χ2v) is 6.38. The van der Waals surface area contributed by atoms with Crippen LogP contribution in [0, 0.1) is 0 Å².